The van der Waals surface area contributed by atoms with Crippen molar-refractivity contribution in [3.63, 3.8) is 0 Å². The number of anilines is 1. The molecule has 0 aliphatic carbocycles. The monoisotopic (exact) mass is 318 g/mol. The van der Waals surface area contributed by atoms with Crippen molar-refractivity contribution in [2.24, 2.45) is 0 Å². The van der Waals surface area contributed by atoms with Crippen molar-refractivity contribution in [2.45, 2.75) is 0 Å². The Morgan fingerprint density at radius 3 is 2.67 bits per heavy atom. The molecule has 4 nitrogen and oxygen atoms in total. The fourth-order valence-electron chi connectivity index (χ4n) is 1.53. The molecule has 6 heteroatoms. The first-order valence-corrected chi connectivity index (χ1v) is 7.44. The number of methoxy groups -OCH3 is 1. The molecule has 21 heavy (non-hydrogen) atoms. The summed E-state index contributed by atoms with van der Waals surface area (Å²) in [5, 5.41) is 7.72. The van der Waals surface area contributed by atoms with Crippen LogP contribution in [0.3, 0.4) is 0 Å². The third-order valence-corrected chi connectivity index (χ3v) is 3.57. The Balaban J connectivity index is 1.84. The second kappa shape index (κ2) is 7.56. The van der Waals surface area contributed by atoms with Crippen LogP contribution in [-0.4, -0.2) is 18.1 Å². The molecule has 1 amide bonds. The topological polar surface area (TPSA) is 50.4 Å². The predicted molar refractivity (Wildman–Crippen MR) is 90.7 cm³/mol. The Hall–Kier alpha value is -2.18. The normalized spacial score (nSPS) is 10.3. The lowest BCUT2D eigenvalue weighted by molar-refractivity contribution is -0.115. The van der Waals surface area contributed by atoms with Gasteiger partial charge >= 0.3 is 0 Å². The Kier molecular flexibility index (Phi) is 5.48. The molecule has 0 radical (unpaired) electrons. The van der Waals surface area contributed by atoms with Gasteiger partial charge in [-0.2, -0.15) is 0 Å². The minimum absolute atomic E-state index is 0.251. The molecular weight excluding hydrogens is 304 g/mol. The van der Waals surface area contributed by atoms with Gasteiger partial charge in [-0.1, -0.05) is 6.07 Å². The van der Waals surface area contributed by atoms with E-state index in [1.54, 1.807) is 24.5 Å². The number of carbonyl (C=O) groups is 1. The van der Waals surface area contributed by atoms with Crippen LogP contribution in [0.25, 0.3) is 6.08 Å². The predicted octanol–water partition coefficient (Wildman–Crippen LogP) is 3.28. The van der Waals surface area contributed by atoms with Gasteiger partial charge in [0.05, 0.1) is 7.11 Å². The largest absolute Gasteiger partial charge is 0.497 e. The fourth-order valence-corrected chi connectivity index (χ4v) is 2.37. The second-order valence-electron chi connectivity index (χ2n) is 4.02. The average Bonchev–Trinajstić information content (AvgIpc) is 2.99. The third kappa shape index (κ3) is 5.02. The van der Waals surface area contributed by atoms with E-state index in [4.69, 9.17) is 17.0 Å². The Morgan fingerprint density at radius 1 is 1.29 bits per heavy atom. The van der Waals surface area contributed by atoms with E-state index in [0.29, 0.717) is 0 Å². The smallest absolute Gasteiger partial charge is 0.250 e. The SMILES string of the molecule is COc1ccc(NC(=S)NC(=O)/C=C/c2cccs2)cc1. The van der Waals surface area contributed by atoms with Crippen molar-refractivity contribution >= 4 is 46.3 Å². The van der Waals surface area contributed by atoms with Gasteiger partial charge in [-0.15, -0.1) is 11.3 Å². The molecule has 108 valence electrons. The number of thiophene rings is 1. The van der Waals surface area contributed by atoms with Gasteiger partial charge in [-0.05, 0) is 54.0 Å². The van der Waals surface area contributed by atoms with Crippen LogP contribution < -0.4 is 15.4 Å². The van der Waals surface area contributed by atoms with Crippen LogP contribution in [0.2, 0.25) is 0 Å². The molecular formula is C15H14N2O2S2. The van der Waals surface area contributed by atoms with Gasteiger partial charge in [-0.25, -0.2) is 0 Å². The van der Waals surface area contributed by atoms with Crippen molar-refractivity contribution in [1.82, 2.24) is 5.32 Å². The molecule has 0 fully saturated rings. The minimum Gasteiger partial charge on any atom is -0.497 e. The zero-order chi connectivity index (χ0) is 15.1. The standard InChI is InChI=1S/C15H14N2O2S2/c1-19-12-6-4-11(5-7-12)16-15(20)17-14(18)9-8-13-3-2-10-21-13/h2-10H,1H3,(H2,16,17,18,20)/b9-8+. The maximum absolute atomic E-state index is 11.7. The average molecular weight is 318 g/mol. The van der Waals surface area contributed by atoms with Crippen LogP contribution in [0, 0.1) is 0 Å². The Labute approximate surface area is 132 Å². The van der Waals surface area contributed by atoms with E-state index >= 15 is 0 Å². The number of ether oxygens (including phenoxy) is 1. The maximum atomic E-state index is 11.7. The summed E-state index contributed by atoms with van der Waals surface area (Å²) in [6.07, 6.45) is 3.20. The van der Waals surface area contributed by atoms with Crippen LogP contribution >= 0.6 is 23.6 Å². The van der Waals surface area contributed by atoms with Crippen molar-refractivity contribution in [3.8, 4) is 5.75 Å². The number of nitrogens with one attached hydrogen (secondary N) is 2. The van der Waals surface area contributed by atoms with E-state index in [-0.39, 0.29) is 11.0 Å². The molecule has 1 heterocycles. The van der Waals surface area contributed by atoms with E-state index in [9.17, 15) is 4.79 Å². The summed E-state index contributed by atoms with van der Waals surface area (Å²) in [5.74, 6) is 0.490. The zero-order valence-corrected chi connectivity index (χ0v) is 13.0. The number of amides is 1. The summed E-state index contributed by atoms with van der Waals surface area (Å²) in [7, 11) is 1.60. The summed E-state index contributed by atoms with van der Waals surface area (Å²) in [4.78, 5) is 12.7. The van der Waals surface area contributed by atoms with Crippen LogP contribution in [0.15, 0.2) is 47.9 Å². The van der Waals surface area contributed by atoms with Crippen molar-refractivity contribution in [1.29, 1.82) is 0 Å². The Bertz CT molecular complexity index is 634. The number of benzene rings is 1. The highest BCUT2D eigenvalue weighted by Crippen LogP contribution is 2.14. The molecule has 1 aromatic heterocycles. The van der Waals surface area contributed by atoms with Crippen LogP contribution in [0.1, 0.15) is 4.88 Å². The molecule has 0 saturated carbocycles. The first-order valence-electron chi connectivity index (χ1n) is 6.15. The second-order valence-corrected chi connectivity index (χ2v) is 5.41. The summed E-state index contributed by atoms with van der Waals surface area (Å²) in [6.45, 7) is 0. The highest BCUT2D eigenvalue weighted by Gasteiger charge is 2.02. The van der Waals surface area contributed by atoms with E-state index in [2.05, 4.69) is 10.6 Å². The number of rotatable bonds is 4. The molecule has 1 aromatic carbocycles. The van der Waals surface area contributed by atoms with Crippen LogP contribution in [-0.2, 0) is 4.79 Å². The molecule has 0 spiro atoms. The van der Waals surface area contributed by atoms with Gasteiger partial charge < -0.3 is 10.1 Å². The number of hydrogen-bond donors (Lipinski definition) is 2. The van der Waals surface area contributed by atoms with Crippen molar-refractivity contribution < 1.29 is 9.53 Å². The quantitative estimate of drug-likeness (QED) is 0.671. The van der Waals surface area contributed by atoms with Gasteiger partial charge in [0.2, 0.25) is 5.91 Å². The van der Waals surface area contributed by atoms with Crippen molar-refractivity contribution in [3.05, 3.63) is 52.7 Å². The highest BCUT2D eigenvalue weighted by atomic mass is 32.1. The molecule has 0 bridgehead atoms. The highest BCUT2D eigenvalue weighted by molar-refractivity contribution is 7.80. The summed E-state index contributed by atoms with van der Waals surface area (Å²) >= 11 is 6.64. The van der Waals surface area contributed by atoms with E-state index in [0.717, 1.165) is 16.3 Å². The first-order chi connectivity index (χ1) is 10.2. The zero-order valence-electron chi connectivity index (χ0n) is 11.3. The molecule has 2 rings (SSSR count). The summed E-state index contributed by atoms with van der Waals surface area (Å²) < 4.78 is 5.07. The fraction of sp³-hybridized carbons (Fsp3) is 0.0667. The van der Waals surface area contributed by atoms with E-state index < -0.39 is 0 Å². The molecule has 0 aliphatic heterocycles. The van der Waals surface area contributed by atoms with Gasteiger partial charge in [-0.3, -0.25) is 10.1 Å². The van der Waals surface area contributed by atoms with E-state index in [1.807, 2.05) is 41.8 Å². The summed E-state index contributed by atoms with van der Waals surface area (Å²) in [5.41, 5.74) is 0.781. The first kappa shape index (κ1) is 15.2. The molecule has 0 unspecified atom stereocenters. The van der Waals surface area contributed by atoms with Gasteiger partial charge in [0.15, 0.2) is 5.11 Å². The lowest BCUT2D eigenvalue weighted by atomic mass is 10.3. The molecule has 0 atom stereocenters. The van der Waals surface area contributed by atoms with Crippen LogP contribution in [0.5, 0.6) is 5.75 Å². The van der Waals surface area contributed by atoms with Gasteiger partial charge in [0.25, 0.3) is 0 Å². The van der Waals surface area contributed by atoms with Crippen molar-refractivity contribution in [2.75, 3.05) is 12.4 Å². The minimum atomic E-state index is -0.269. The molecule has 2 N–H and O–H groups in total. The Morgan fingerprint density at radius 2 is 2.05 bits per heavy atom. The maximum Gasteiger partial charge on any atom is 0.250 e. The number of hydrogen-bond acceptors (Lipinski definition) is 4. The third-order valence-electron chi connectivity index (χ3n) is 2.53. The molecule has 0 aliphatic rings. The van der Waals surface area contributed by atoms with E-state index in [1.165, 1.54) is 6.08 Å². The van der Waals surface area contributed by atoms with Crippen LogP contribution in [0.4, 0.5) is 5.69 Å². The lowest BCUT2D eigenvalue weighted by Crippen LogP contribution is -2.32. The summed E-state index contributed by atoms with van der Waals surface area (Å²) in [6, 6.07) is 11.1. The molecule has 0 saturated heterocycles. The van der Waals surface area contributed by atoms with Gasteiger partial charge in [0, 0.05) is 16.6 Å². The number of carbonyl (C=O) groups excluding carboxylic acids is 1. The van der Waals surface area contributed by atoms with Gasteiger partial charge in [0.1, 0.15) is 5.75 Å². The lowest BCUT2D eigenvalue weighted by Gasteiger charge is -2.08. The number of thiocarbonyl (C=S) groups is 1. The molecule has 2 aromatic rings.